The molecule has 0 aliphatic carbocycles. The molecule has 0 fully saturated rings. The molecule has 9 rings (SSSR count). The second-order valence-electron chi connectivity index (χ2n) is 18.3. The molecule has 0 saturated carbocycles. The van der Waals surface area contributed by atoms with Crippen molar-refractivity contribution >= 4 is 32.4 Å². The molecule has 1 N–H and O–H groups in total. The first kappa shape index (κ1) is 68.1. The van der Waals surface area contributed by atoms with Gasteiger partial charge in [0.1, 0.15) is 34.3 Å². The molecular formula is C58H52F9N9O9S3. The Hall–Kier alpha value is -9.03. The first-order chi connectivity index (χ1) is 41.4. The summed E-state index contributed by atoms with van der Waals surface area (Å²) in [5.74, 6) is 2.22. The molecule has 0 aliphatic heterocycles. The smallest absolute Gasteiger partial charge is 0.433 e. The number of halogens is 9. The highest BCUT2D eigenvalue weighted by Crippen LogP contribution is 2.34. The molecule has 30 heteroatoms. The number of aryl methyl sites for hydroxylation is 1. The summed E-state index contributed by atoms with van der Waals surface area (Å²) in [7, 11) is -1.16. The molecule has 6 aromatic heterocycles. The average Bonchev–Trinajstić information content (AvgIpc) is 2.25. The Morgan fingerprint density at radius 1 is 0.534 bits per heavy atom. The zero-order valence-corrected chi connectivity index (χ0v) is 49.8. The van der Waals surface area contributed by atoms with Crippen molar-refractivity contribution in [1.29, 1.82) is 0 Å². The van der Waals surface area contributed by atoms with Crippen molar-refractivity contribution < 1.29 is 66.4 Å². The minimum absolute atomic E-state index is 0.0241. The second kappa shape index (κ2) is 29.6. The van der Waals surface area contributed by atoms with Crippen molar-refractivity contribution in [2.24, 2.45) is 0 Å². The fraction of sp³-hybridized carbons (Fsp3) is 0.224. The van der Waals surface area contributed by atoms with E-state index in [-0.39, 0.29) is 63.1 Å². The summed E-state index contributed by atoms with van der Waals surface area (Å²) in [5, 5.41) is -1.35. The van der Waals surface area contributed by atoms with Gasteiger partial charge in [0.2, 0.25) is 25.7 Å². The highest BCUT2D eigenvalue weighted by molar-refractivity contribution is 7.98. The maximum atomic E-state index is 13.2. The normalized spacial score (nSPS) is 11.8. The lowest BCUT2D eigenvalue weighted by Gasteiger charge is -2.12. The number of hydrogen-bond donors (Lipinski definition) is 1. The zero-order valence-electron chi connectivity index (χ0n) is 47.4. The predicted molar refractivity (Wildman–Crippen MR) is 310 cm³/mol. The summed E-state index contributed by atoms with van der Waals surface area (Å²) >= 11 is 1.02. The molecule has 0 aliphatic rings. The first-order valence-electron chi connectivity index (χ1n) is 25.4. The highest BCUT2D eigenvalue weighted by atomic mass is 32.2. The van der Waals surface area contributed by atoms with Crippen LogP contribution in [0.3, 0.4) is 0 Å². The van der Waals surface area contributed by atoms with Gasteiger partial charge in [0.25, 0.3) is 11.1 Å². The molecule has 6 heterocycles. The van der Waals surface area contributed by atoms with E-state index in [1.54, 1.807) is 61.9 Å². The Labute approximate surface area is 502 Å². The Morgan fingerprint density at radius 3 is 1.31 bits per heavy atom. The lowest BCUT2D eigenvalue weighted by atomic mass is 10.1. The van der Waals surface area contributed by atoms with E-state index in [4.69, 9.17) is 14.2 Å². The SMILES string of the molecule is CCc1ccc(OC)cc1.COc1ccc(Cn2cc(-c3cc(C(F)(F)F)nc(S(C)(=O)=O)n3)ccc2=O)cc1.COc1ccc(Cn2cc(-c3cc(C(F)(F)F)nc(S(C)=O)n3)ccc2=O)cc1.CSc1nc(-c2ccc(=O)[nH]c2)cc(C(F)(F)F)n1. The average molecular weight is 1290 g/mol. The van der Waals surface area contributed by atoms with Gasteiger partial charge in [-0.1, -0.05) is 55.1 Å². The number of H-pyrrole nitrogens is 1. The number of pyridine rings is 3. The van der Waals surface area contributed by atoms with Crippen molar-refractivity contribution in [3.05, 3.63) is 211 Å². The minimum Gasteiger partial charge on any atom is -0.497 e. The van der Waals surface area contributed by atoms with Gasteiger partial charge in [-0.2, -0.15) is 39.5 Å². The van der Waals surface area contributed by atoms with Gasteiger partial charge in [-0.25, -0.2) is 38.3 Å². The largest absolute Gasteiger partial charge is 0.497 e. The molecule has 0 bridgehead atoms. The third-order valence-electron chi connectivity index (χ3n) is 12.0. The van der Waals surface area contributed by atoms with Crippen LogP contribution in [0.25, 0.3) is 33.8 Å². The molecule has 9 aromatic rings. The molecular weight excluding hydrogens is 1230 g/mol. The summed E-state index contributed by atoms with van der Waals surface area (Å²) in [6.07, 6.45) is -5.48. The van der Waals surface area contributed by atoms with E-state index < -0.39 is 66.6 Å². The van der Waals surface area contributed by atoms with Gasteiger partial charge in [0.05, 0.1) is 62.3 Å². The van der Waals surface area contributed by atoms with E-state index in [2.05, 4.69) is 53.9 Å². The molecule has 18 nitrogen and oxygen atoms in total. The molecule has 1 unspecified atom stereocenters. The summed E-state index contributed by atoms with van der Waals surface area (Å²) in [4.78, 5) is 59.3. The highest BCUT2D eigenvalue weighted by Gasteiger charge is 2.36. The van der Waals surface area contributed by atoms with Crippen molar-refractivity contribution in [2.45, 2.75) is 60.4 Å². The molecule has 88 heavy (non-hydrogen) atoms. The maximum absolute atomic E-state index is 13.2. The fourth-order valence-corrected chi connectivity index (χ4v) is 8.80. The van der Waals surface area contributed by atoms with Crippen LogP contribution in [0.1, 0.15) is 40.7 Å². The number of nitrogens with one attached hydrogen (secondary N) is 1. The monoisotopic (exact) mass is 1290 g/mol. The number of alkyl halides is 9. The molecule has 1 atom stereocenters. The van der Waals surface area contributed by atoms with Gasteiger partial charge in [0, 0.05) is 66.0 Å². The van der Waals surface area contributed by atoms with Crippen LogP contribution in [0.4, 0.5) is 39.5 Å². The van der Waals surface area contributed by atoms with Gasteiger partial charge in [0.15, 0.2) is 5.16 Å². The number of aromatic nitrogens is 9. The van der Waals surface area contributed by atoms with Crippen LogP contribution in [-0.2, 0) is 58.7 Å². The Morgan fingerprint density at radius 2 is 0.932 bits per heavy atom. The van der Waals surface area contributed by atoms with E-state index in [9.17, 15) is 66.5 Å². The van der Waals surface area contributed by atoms with Crippen LogP contribution in [0, 0.1) is 0 Å². The zero-order chi connectivity index (χ0) is 64.7. The number of thioether (sulfide) groups is 1. The van der Waals surface area contributed by atoms with Crippen molar-refractivity contribution in [2.75, 3.05) is 40.1 Å². The Kier molecular flexibility index (Phi) is 22.9. The van der Waals surface area contributed by atoms with Gasteiger partial charge in [-0.15, -0.1) is 0 Å². The molecule has 0 amide bonds. The van der Waals surface area contributed by atoms with Crippen molar-refractivity contribution in [3.8, 4) is 51.0 Å². The van der Waals surface area contributed by atoms with E-state index in [1.807, 2.05) is 12.1 Å². The fourth-order valence-electron chi connectivity index (χ4n) is 7.44. The molecule has 464 valence electrons. The topological polar surface area (TPSA) is 233 Å². The van der Waals surface area contributed by atoms with Crippen LogP contribution >= 0.6 is 11.8 Å². The standard InChI is InChI=1S/C19H16F3N3O4S.C19H16F3N3O3S.C11H8F3N3OS.C9H12O/c1-29-14-6-3-12(4-7-14)10-25-11-13(5-8-17(25)26)15-9-16(19(20,21)22)24-18(23-15)30(2,27)28;1-28-14-6-3-12(4-7-14)10-25-11-13(5-8-17(25)26)15-9-16(19(20,21)22)24-18(23-15)29(2)27;1-19-10-16-7(4-8(17-10)11(12,13)14)6-2-3-9(18)15-5-6;1-3-8-4-6-9(10-2)7-5-8/h3-9,11H,10H2,1-2H3;3-9,11H,10H2,1-2H3;2-5H,1H3,(H,15,18);4-7H,3H2,1-2H3. The number of benzene rings is 3. The third kappa shape index (κ3) is 19.5. The van der Waals surface area contributed by atoms with Crippen LogP contribution in [0.2, 0.25) is 0 Å². The van der Waals surface area contributed by atoms with E-state index in [0.29, 0.717) is 23.1 Å². The Bertz CT molecular complexity index is 4150. The number of sulfone groups is 1. The first-order valence-corrected chi connectivity index (χ1v) is 30.0. The number of aromatic amines is 1. The molecule has 3 aromatic carbocycles. The number of nitrogens with zero attached hydrogens (tertiary/aromatic N) is 8. The van der Waals surface area contributed by atoms with Crippen LogP contribution < -0.4 is 30.9 Å². The number of ether oxygens (including phenoxy) is 3. The van der Waals surface area contributed by atoms with Gasteiger partial charge >= 0.3 is 18.5 Å². The summed E-state index contributed by atoms with van der Waals surface area (Å²) in [6.45, 7) is 2.50. The third-order valence-corrected chi connectivity index (χ3v) is 14.1. The molecule has 0 radical (unpaired) electrons. The van der Waals surface area contributed by atoms with Crippen LogP contribution in [-0.4, -0.2) is 96.7 Å². The van der Waals surface area contributed by atoms with Crippen molar-refractivity contribution in [3.63, 3.8) is 0 Å². The van der Waals surface area contributed by atoms with Gasteiger partial charge in [-0.3, -0.25) is 18.6 Å². The lowest BCUT2D eigenvalue weighted by Crippen LogP contribution is -2.19. The van der Waals surface area contributed by atoms with E-state index >= 15 is 0 Å². The quantitative estimate of drug-likeness (QED) is 0.0606. The minimum atomic E-state index is -4.87. The predicted octanol–water partition coefficient (Wildman–Crippen LogP) is 10.7. The van der Waals surface area contributed by atoms with Crippen molar-refractivity contribution in [1.82, 2.24) is 44.0 Å². The number of hydrogen-bond acceptors (Lipinski definition) is 16. The number of methoxy groups -OCH3 is 3. The van der Waals surface area contributed by atoms with E-state index in [0.717, 1.165) is 53.4 Å². The Balaban J connectivity index is 0.000000199. The summed E-state index contributed by atoms with van der Waals surface area (Å²) < 4.78 is 170. The van der Waals surface area contributed by atoms with Crippen LogP contribution in [0.15, 0.2) is 176 Å². The summed E-state index contributed by atoms with van der Waals surface area (Å²) in [5.41, 5.74) is -1.14. The molecule has 0 saturated heterocycles. The maximum Gasteiger partial charge on any atom is 0.433 e. The van der Waals surface area contributed by atoms with Crippen LogP contribution in [0.5, 0.6) is 17.2 Å². The second-order valence-corrected chi connectivity index (χ2v) is 22.3. The lowest BCUT2D eigenvalue weighted by molar-refractivity contribution is -0.142. The molecule has 0 spiro atoms. The van der Waals surface area contributed by atoms with E-state index in [1.165, 1.54) is 90.2 Å². The summed E-state index contributed by atoms with van der Waals surface area (Å²) in [6, 6.07) is 32.1. The number of rotatable bonds is 14. The van der Waals surface area contributed by atoms with Gasteiger partial charge in [-0.05, 0) is 102 Å². The van der Waals surface area contributed by atoms with Gasteiger partial charge < -0.3 is 28.3 Å².